The Morgan fingerprint density at radius 1 is 0.706 bits per heavy atom. The molecule has 1 aliphatic heterocycles. The molecule has 172 valence electrons. The molecule has 0 N–H and O–H groups in total. The summed E-state index contributed by atoms with van der Waals surface area (Å²) in [6.45, 7) is 3.54. The minimum Gasteiger partial charge on any atom is -0.525 e. The van der Waals surface area contributed by atoms with E-state index in [9.17, 15) is 26.3 Å². The number of rotatable bonds is 2. The Morgan fingerprint density at radius 2 is 1.12 bits per heavy atom. The average molecular weight is 472 g/mol. The van der Waals surface area contributed by atoms with Crippen LogP contribution < -0.4 is 9.31 Å². The van der Waals surface area contributed by atoms with Gasteiger partial charge in [0, 0.05) is 17.4 Å². The van der Waals surface area contributed by atoms with Crippen molar-refractivity contribution in [3.63, 3.8) is 0 Å². The number of alkyl halides is 6. The third-order valence-corrected chi connectivity index (χ3v) is 5.72. The van der Waals surface area contributed by atoms with E-state index in [0.29, 0.717) is 10.8 Å². The number of halogens is 6. The van der Waals surface area contributed by atoms with E-state index in [1.165, 1.54) is 18.2 Å². The third kappa shape index (κ3) is 3.55. The van der Waals surface area contributed by atoms with Gasteiger partial charge in [-0.05, 0) is 33.7 Å². The molecule has 0 radical (unpaired) electrons. The Balaban J connectivity index is 2.05. The van der Waals surface area contributed by atoms with E-state index in [2.05, 4.69) is 6.58 Å². The summed E-state index contributed by atoms with van der Waals surface area (Å²) in [5, 5.41) is 1.07. The van der Waals surface area contributed by atoms with E-state index in [-0.39, 0.29) is 28.2 Å². The van der Waals surface area contributed by atoms with Gasteiger partial charge < -0.3 is 9.31 Å². The minimum atomic E-state index is -4.82. The van der Waals surface area contributed by atoms with Crippen LogP contribution in [0.5, 0.6) is 11.5 Å². The first kappa shape index (κ1) is 22.2. The smallest absolute Gasteiger partial charge is 0.525 e. The molecule has 1 aliphatic rings. The van der Waals surface area contributed by atoms with Crippen molar-refractivity contribution in [1.82, 2.24) is 0 Å². The molecule has 34 heavy (non-hydrogen) atoms. The zero-order valence-electron chi connectivity index (χ0n) is 17.4. The Labute approximate surface area is 190 Å². The Morgan fingerprint density at radius 3 is 1.50 bits per heavy atom. The number of hydrogen-bond acceptors (Lipinski definition) is 2. The second-order valence-electron chi connectivity index (χ2n) is 7.88. The highest BCUT2D eigenvalue weighted by Crippen LogP contribution is 2.55. The quantitative estimate of drug-likeness (QED) is 0.167. The van der Waals surface area contributed by atoms with Gasteiger partial charge in [-0.3, -0.25) is 0 Å². The molecule has 0 amide bonds. The van der Waals surface area contributed by atoms with Crippen LogP contribution in [0.2, 0.25) is 6.32 Å². The van der Waals surface area contributed by atoms with Crippen molar-refractivity contribution in [2.75, 3.05) is 0 Å². The molecular formula is C25H15BF6O2. The molecule has 5 rings (SSSR count). The second kappa shape index (κ2) is 7.72. The lowest BCUT2D eigenvalue weighted by Gasteiger charge is -2.20. The topological polar surface area (TPSA) is 18.5 Å². The highest BCUT2D eigenvalue weighted by molar-refractivity contribution is 6.47. The van der Waals surface area contributed by atoms with E-state index < -0.39 is 42.1 Å². The first-order valence-electron chi connectivity index (χ1n) is 10.3. The maximum Gasteiger partial charge on any atom is 0.598 e. The minimum absolute atomic E-state index is 0.0886. The molecule has 0 spiro atoms. The van der Waals surface area contributed by atoms with Gasteiger partial charge in [-0.2, -0.15) is 26.3 Å². The van der Waals surface area contributed by atoms with Crippen LogP contribution in [-0.4, -0.2) is 7.12 Å². The van der Waals surface area contributed by atoms with Crippen molar-refractivity contribution >= 4 is 28.7 Å². The molecule has 0 bridgehead atoms. The summed E-state index contributed by atoms with van der Waals surface area (Å²) in [5.74, 6) is -1.14. The molecular weight excluding hydrogens is 457 g/mol. The van der Waals surface area contributed by atoms with Crippen LogP contribution in [0.15, 0.2) is 73.3 Å². The number of allylic oxidation sites excluding steroid dienone is 1. The standard InChI is InChI=1S/C25H15BF6O2/c1-2-11-26-33-22-18(24(27,28)29)12-14-7-3-5-9-16(14)20(22)21-17-10-6-4-8-15(17)13-19(23(21)34-26)25(30,31)32/h2-10,12-13H,1,11H2. The lowest BCUT2D eigenvalue weighted by atomic mass is 9.84. The second-order valence-corrected chi connectivity index (χ2v) is 7.88. The van der Waals surface area contributed by atoms with E-state index in [1.807, 2.05) is 0 Å². The first-order chi connectivity index (χ1) is 16.1. The van der Waals surface area contributed by atoms with Crippen molar-refractivity contribution < 1.29 is 35.7 Å². The van der Waals surface area contributed by atoms with Crippen LogP contribution in [0.3, 0.4) is 0 Å². The Kier molecular flexibility index (Phi) is 5.04. The van der Waals surface area contributed by atoms with Gasteiger partial charge in [-0.1, -0.05) is 54.6 Å². The monoisotopic (exact) mass is 472 g/mol. The summed E-state index contributed by atoms with van der Waals surface area (Å²) < 4.78 is 96.5. The SMILES string of the molecule is C=CCB1Oc2c(C(F)(F)F)cc3ccccc3c2-c2c(c(C(F)(F)F)cc3ccccc23)O1. The molecule has 2 nitrogen and oxygen atoms in total. The summed E-state index contributed by atoms with van der Waals surface area (Å²) in [4.78, 5) is 0. The summed E-state index contributed by atoms with van der Waals surface area (Å²) in [6.07, 6.45) is -8.46. The van der Waals surface area contributed by atoms with Crippen molar-refractivity contribution in [2.45, 2.75) is 18.7 Å². The summed E-state index contributed by atoms with van der Waals surface area (Å²) in [7, 11) is -1.44. The van der Waals surface area contributed by atoms with Gasteiger partial charge in [0.25, 0.3) is 0 Å². The Bertz CT molecular complexity index is 1340. The molecule has 1 heterocycles. The Hall–Kier alpha value is -3.62. The summed E-state index contributed by atoms with van der Waals surface area (Å²) in [6, 6.07) is 14.3. The largest absolute Gasteiger partial charge is 0.598 e. The van der Waals surface area contributed by atoms with Gasteiger partial charge in [0.2, 0.25) is 0 Å². The zero-order chi connectivity index (χ0) is 24.3. The van der Waals surface area contributed by atoms with Crippen LogP contribution in [0.1, 0.15) is 11.1 Å². The number of hydrogen-bond donors (Lipinski definition) is 0. The predicted molar refractivity (Wildman–Crippen MR) is 119 cm³/mol. The van der Waals surface area contributed by atoms with Gasteiger partial charge in [0.1, 0.15) is 11.5 Å². The highest BCUT2D eigenvalue weighted by Gasteiger charge is 2.44. The van der Waals surface area contributed by atoms with Crippen LogP contribution in [0.4, 0.5) is 26.3 Å². The first-order valence-corrected chi connectivity index (χ1v) is 10.3. The fourth-order valence-electron chi connectivity index (χ4n) is 4.34. The number of fused-ring (bicyclic) bond motifs is 7. The molecule has 4 aromatic carbocycles. The number of benzene rings is 4. The molecule has 0 aromatic heterocycles. The van der Waals surface area contributed by atoms with Gasteiger partial charge in [-0.25, -0.2) is 0 Å². The fraction of sp³-hybridized carbons (Fsp3) is 0.120. The van der Waals surface area contributed by atoms with Crippen LogP contribution in [0.25, 0.3) is 32.7 Å². The van der Waals surface area contributed by atoms with Gasteiger partial charge in [0.15, 0.2) is 0 Å². The van der Waals surface area contributed by atoms with E-state index in [4.69, 9.17) is 9.31 Å². The molecule has 0 fully saturated rings. The molecule has 0 aliphatic carbocycles. The van der Waals surface area contributed by atoms with E-state index in [1.54, 1.807) is 36.4 Å². The maximum atomic E-state index is 14.2. The molecule has 0 saturated heterocycles. The van der Waals surface area contributed by atoms with Gasteiger partial charge in [-0.15, -0.1) is 6.58 Å². The van der Waals surface area contributed by atoms with E-state index >= 15 is 0 Å². The highest BCUT2D eigenvalue weighted by atomic mass is 19.4. The molecule has 0 unspecified atom stereocenters. The van der Waals surface area contributed by atoms with Crippen molar-refractivity contribution in [2.24, 2.45) is 0 Å². The zero-order valence-corrected chi connectivity index (χ0v) is 17.4. The normalized spacial score (nSPS) is 13.6. The van der Waals surface area contributed by atoms with Crippen molar-refractivity contribution in [1.29, 1.82) is 0 Å². The van der Waals surface area contributed by atoms with Crippen LogP contribution in [0, 0.1) is 0 Å². The van der Waals surface area contributed by atoms with Gasteiger partial charge in [0.05, 0.1) is 11.1 Å². The maximum absolute atomic E-state index is 14.2. The van der Waals surface area contributed by atoms with Crippen molar-refractivity contribution in [3.05, 3.63) is 84.4 Å². The summed E-state index contributed by atoms with van der Waals surface area (Å²) >= 11 is 0. The van der Waals surface area contributed by atoms with Gasteiger partial charge >= 0.3 is 19.5 Å². The molecule has 0 saturated carbocycles. The predicted octanol–water partition coefficient (Wildman–Crippen LogP) is 8.14. The summed E-state index contributed by atoms with van der Waals surface area (Å²) in [5.41, 5.74) is -2.36. The third-order valence-electron chi connectivity index (χ3n) is 5.72. The lowest BCUT2D eigenvalue weighted by molar-refractivity contribution is -0.138. The van der Waals surface area contributed by atoms with E-state index in [0.717, 1.165) is 12.1 Å². The van der Waals surface area contributed by atoms with Crippen LogP contribution >= 0.6 is 0 Å². The molecule has 0 atom stereocenters. The fourth-order valence-corrected chi connectivity index (χ4v) is 4.34. The van der Waals surface area contributed by atoms with Crippen LogP contribution in [-0.2, 0) is 12.4 Å². The molecule has 4 aromatic rings. The lowest BCUT2D eigenvalue weighted by Crippen LogP contribution is -2.30. The van der Waals surface area contributed by atoms with Crippen molar-refractivity contribution in [3.8, 4) is 22.6 Å². The average Bonchev–Trinajstić information content (AvgIpc) is 2.94. The molecule has 9 heteroatoms.